The number of hydrogen-bond donors (Lipinski definition) is 1. The fourth-order valence-electron chi connectivity index (χ4n) is 2.71. The van der Waals surface area contributed by atoms with E-state index in [0.29, 0.717) is 33.7 Å². The van der Waals surface area contributed by atoms with Crippen LogP contribution in [0, 0.1) is 0 Å². The van der Waals surface area contributed by atoms with E-state index in [0.717, 1.165) is 5.56 Å². The lowest BCUT2D eigenvalue weighted by Crippen LogP contribution is -2.20. The Labute approximate surface area is 172 Å². The molecular formula is C22H16ClN3O3. The molecule has 4 rings (SSSR count). The van der Waals surface area contributed by atoms with Gasteiger partial charge in [-0.05, 0) is 24.3 Å². The van der Waals surface area contributed by atoms with Gasteiger partial charge in [0, 0.05) is 5.56 Å². The van der Waals surface area contributed by atoms with Crippen LogP contribution in [0.1, 0.15) is 0 Å². The van der Waals surface area contributed by atoms with Crippen LogP contribution in [0.3, 0.4) is 0 Å². The molecule has 1 N–H and O–H groups in total. The molecule has 0 spiro atoms. The summed E-state index contributed by atoms with van der Waals surface area (Å²) in [6.45, 7) is -0.183. The van der Waals surface area contributed by atoms with Crippen LogP contribution in [0.25, 0.3) is 22.8 Å². The van der Waals surface area contributed by atoms with Gasteiger partial charge in [-0.1, -0.05) is 71.4 Å². The number of rotatable bonds is 6. The fraction of sp³-hybridized carbons (Fsp3) is 0.0455. The number of aromatic nitrogens is 2. The maximum absolute atomic E-state index is 12.4. The maximum atomic E-state index is 12.4. The third-order valence-electron chi connectivity index (χ3n) is 4.08. The first-order chi connectivity index (χ1) is 14.2. The van der Waals surface area contributed by atoms with Crippen molar-refractivity contribution in [2.75, 3.05) is 11.9 Å². The summed E-state index contributed by atoms with van der Waals surface area (Å²) in [5.74, 6) is 0.901. The highest BCUT2D eigenvalue weighted by Crippen LogP contribution is 2.28. The summed E-state index contributed by atoms with van der Waals surface area (Å²) < 4.78 is 10.9. The second kappa shape index (κ2) is 8.58. The van der Waals surface area contributed by atoms with Crippen LogP contribution in [0.2, 0.25) is 5.02 Å². The minimum atomic E-state index is -0.333. The van der Waals surface area contributed by atoms with Crippen molar-refractivity contribution in [1.82, 2.24) is 10.1 Å². The summed E-state index contributed by atoms with van der Waals surface area (Å²) in [6, 6.07) is 23.7. The van der Waals surface area contributed by atoms with E-state index in [9.17, 15) is 4.79 Å². The van der Waals surface area contributed by atoms with Gasteiger partial charge in [0.15, 0.2) is 6.61 Å². The fourth-order valence-corrected chi connectivity index (χ4v) is 2.90. The smallest absolute Gasteiger partial charge is 0.262 e. The monoisotopic (exact) mass is 405 g/mol. The molecule has 29 heavy (non-hydrogen) atoms. The predicted molar refractivity (Wildman–Crippen MR) is 111 cm³/mol. The summed E-state index contributed by atoms with van der Waals surface area (Å²) in [5.41, 5.74) is 2.01. The Morgan fingerprint density at radius 1 is 0.966 bits per heavy atom. The molecule has 1 heterocycles. The molecule has 0 aliphatic heterocycles. The molecule has 0 fully saturated rings. The number of ether oxygens (including phenoxy) is 1. The van der Waals surface area contributed by atoms with Crippen molar-refractivity contribution in [3.63, 3.8) is 0 Å². The molecule has 0 unspecified atom stereocenters. The van der Waals surface area contributed by atoms with E-state index < -0.39 is 0 Å². The maximum Gasteiger partial charge on any atom is 0.262 e. The van der Waals surface area contributed by atoms with E-state index in [-0.39, 0.29) is 12.5 Å². The number of amides is 1. The normalized spacial score (nSPS) is 10.5. The van der Waals surface area contributed by atoms with Gasteiger partial charge in [-0.15, -0.1) is 0 Å². The summed E-state index contributed by atoms with van der Waals surface area (Å²) in [6.07, 6.45) is 0. The lowest BCUT2D eigenvalue weighted by molar-refractivity contribution is -0.118. The third-order valence-corrected chi connectivity index (χ3v) is 4.40. The molecule has 6 nitrogen and oxygen atoms in total. The van der Waals surface area contributed by atoms with E-state index in [1.54, 1.807) is 36.4 Å². The van der Waals surface area contributed by atoms with Crippen molar-refractivity contribution < 1.29 is 14.1 Å². The van der Waals surface area contributed by atoms with Gasteiger partial charge in [0.2, 0.25) is 5.82 Å². The summed E-state index contributed by atoms with van der Waals surface area (Å²) in [5, 5.41) is 7.29. The van der Waals surface area contributed by atoms with Crippen molar-refractivity contribution in [2.24, 2.45) is 0 Å². The zero-order valence-corrected chi connectivity index (χ0v) is 16.0. The molecule has 144 valence electrons. The lowest BCUT2D eigenvalue weighted by Gasteiger charge is -2.10. The second-order valence-corrected chi connectivity index (χ2v) is 6.51. The summed E-state index contributed by atoms with van der Waals surface area (Å²) >= 11 is 6.04. The number of carbonyl (C=O) groups excluding carboxylic acids is 1. The van der Waals surface area contributed by atoms with Gasteiger partial charge in [-0.2, -0.15) is 4.98 Å². The molecule has 0 aliphatic rings. The largest absolute Gasteiger partial charge is 0.482 e. The number of nitrogens with zero attached hydrogens (tertiary/aromatic N) is 2. The molecule has 0 radical (unpaired) electrons. The molecule has 3 aromatic carbocycles. The van der Waals surface area contributed by atoms with Gasteiger partial charge in [0.05, 0.1) is 16.3 Å². The first-order valence-corrected chi connectivity index (χ1v) is 9.24. The van der Waals surface area contributed by atoms with Gasteiger partial charge < -0.3 is 14.6 Å². The van der Waals surface area contributed by atoms with Crippen LogP contribution in [0.5, 0.6) is 5.75 Å². The molecule has 4 aromatic rings. The average Bonchev–Trinajstić information content (AvgIpc) is 3.24. The highest BCUT2D eigenvalue weighted by molar-refractivity contribution is 6.32. The Morgan fingerprint density at radius 2 is 1.69 bits per heavy atom. The van der Waals surface area contributed by atoms with E-state index in [4.69, 9.17) is 20.9 Å². The Balaban J connectivity index is 1.49. The lowest BCUT2D eigenvalue weighted by atomic mass is 10.1. The molecule has 0 saturated carbocycles. The number of halogens is 1. The van der Waals surface area contributed by atoms with Crippen LogP contribution in [-0.4, -0.2) is 22.7 Å². The van der Waals surface area contributed by atoms with Gasteiger partial charge in [-0.25, -0.2) is 0 Å². The molecule has 0 atom stereocenters. The topological polar surface area (TPSA) is 77.2 Å². The van der Waals surface area contributed by atoms with Gasteiger partial charge in [0.1, 0.15) is 5.75 Å². The van der Waals surface area contributed by atoms with Crippen LogP contribution in [0.4, 0.5) is 5.69 Å². The molecule has 1 amide bonds. The molecule has 1 aromatic heterocycles. The molecular weight excluding hydrogens is 390 g/mol. The van der Waals surface area contributed by atoms with Crippen molar-refractivity contribution in [3.05, 3.63) is 83.9 Å². The Bertz CT molecular complexity index is 1130. The van der Waals surface area contributed by atoms with E-state index in [1.165, 1.54) is 0 Å². The minimum absolute atomic E-state index is 0.183. The first-order valence-electron chi connectivity index (χ1n) is 8.86. The number of hydrogen-bond acceptors (Lipinski definition) is 5. The Kier molecular flexibility index (Phi) is 5.54. The summed E-state index contributed by atoms with van der Waals surface area (Å²) in [7, 11) is 0. The Morgan fingerprint density at radius 3 is 2.52 bits per heavy atom. The van der Waals surface area contributed by atoms with Gasteiger partial charge >= 0.3 is 0 Å². The first kappa shape index (κ1) is 18.7. The molecule has 0 aliphatic carbocycles. The predicted octanol–water partition coefficient (Wildman–Crippen LogP) is 5.07. The number of carbonyl (C=O) groups is 1. The SMILES string of the molecule is O=C(COc1ccccc1Cl)Nc1ccccc1-c1nc(-c2ccccc2)no1. The molecule has 0 saturated heterocycles. The average molecular weight is 406 g/mol. The Hall–Kier alpha value is -3.64. The highest BCUT2D eigenvalue weighted by atomic mass is 35.5. The highest BCUT2D eigenvalue weighted by Gasteiger charge is 2.15. The number of para-hydroxylation sites is 2. The van der Waals surface area contributed by atoms with Crippen molar-refractivity contribution in [3.8, 4) is 28.6 Å². The van der Waals surface area contributed by atoms with Crippen LogP contribution in [0.15, 0.2) is 83.4 Å². The standard InChI is InChI=1S/C22H16ClN3O3/c23-17-11-5-7-13-19(17)28-14-20(27)24-18-12-6-4-10-16(18)22-25-21(26-29-22)15-8-2-1-3-9-15/h1-13H,14H2,(H,24,27). The van der Waals surface area contributed by atoms with Crippen LogP contribution in [-0.2, 0) is 4.79 Å². The molecule has 0 bridgehead atoms. The van der Waals surface area contributed by atoms with E-state index in [1.807, 2.05) is 42.5 Å². The quantitative estimate of drug-likeness (QED) is 0.484. The van der Waals surface area contributed by atoms with E-state index in [2.05, 4.69) is 15.5 Å². The van der Waals surface area contributed by atoms with Crippen LogP contribution < -0.4 is 10.1 Å². The summed E-state index contributed by atoms with van der Waals surface area (Å²) in [4.78, 5) is 16.8. The number of anilines is 1. The van der Waals surface area contributed by atoms with Gasteiger partial charge in [0.25, 0.3) is 11.8 Å². The van der Waals surface area contributed by atoms with Crippen molar-refractivity contribution >= 4 is 23.2 Å². The van der Waals surface area contributed by atoms with Gasteiger partial charge in [-0.3, -0.25) is 4.79 Å². The zero-order chi connectivity index (χ0) is 20.1. The zero-order valence-electron chi connectivity index (χ0n) is 15.2. The number of benzene rings is 3. The third kappa shape index (κ3) is 4.44. The second-order valence-electron chi connectivity index (χ2n) is 6.10. The van der Waals surface area contributed by atoms with Crippen molar-refractivity contribution in [2.45, 2.75) is 0 Å². The minimum Gasteiger partial charge on any atom is -0.482 e. The number of nitrogens with one attached hydrogen (secondary N) is 1. The molecule has 7 heteroatoms. The van der Waals surface area contributed by atoms with Crippen LogP contribution >= 0.6 is 11.6 Å². The van der Waals surface area contributed by atoms with Crippen molar-refractivity contribution in [1.29, 1.82) is 0 Å². The van der Waals surface area contributed by atoms with E-state index >= 15 is 0 Å².